The molecule has 3 aliphatic rings. The van der Waals surface area contributed by atoms with Crippen molar-refractivity contribution in [2.45, 2.75) is 26.3 Å². The number of guanidine groups is 1. The third kappa shape index (κ3) is 6.13. The summed E-state index contributed by atoms with van der Waals surface area (Å²) in [6.45, 7) is 11.8. The largest absolute Gasteiger partial charge is 0.454 e. The molecule has 0 aromatic heterocycles. The van der Waals surface area contributed by atoms with Gasteiger partial charge in [-0.1, -0.05) is 6.07 Å². The Bertz CT molecular complexity index is 709. The van der Waals surface area contributed by atoms with Crippen LogP contribution in [-0.4, -0.2) is 86.9 Å². The molecule has 1 N–H and O–H groups in total. The molecule has 0 aliphatic carbocycles. The number of ether oxygens (including phenoxy) is 2. The lowest BCUT2D eigenvalue weighted by atomic mass is 9.99. The lowest BCUT2D eigenvalue weighted by Crippen LogP contribution is -2.52. The zero-order valence-corrected chi connectivity index (χ0v) is 20.6. The number of nitrogens with zero attached hydrogens (tertiary/aromatic N) is 4. The van der Waals surface area contributed by atoms with E-state index in [0.29, 0.717) is 12.7 Å². The second-order valence-electron chi connectivity index (χ2n) is 8.42. The van der Waals surface area contributed by atoms with Crippen molar-refractivity contribution in [2.24, 2.45) is 10.9 Å². The maximum Gasteiger partial charge on any atom is 0.231 e. The van der Waals surface area contributed by atoms with Gasteiger partial charge in [0.25, 0.3) is 0 Å². The number of fused-ring (bicyclic) bond motifs is 1. The van der Waals surface area contributed by atoms with Crippen molar-refractivity contribution in [3.63, 3.8) is 0 Å². The molecule has 3 aliphatic heterocycles. The van der Waals surface area contributed by atoms with Crippen molar-refractivity contribution < 1.29 is 9.47 Å². The number of aliphatic imine (C=N–C) groups is 1. The molecule has 30 heavy (non-hydrogen) atoms. The number of piperazine rings is 1. The predicted molar refractivity (Wildman–Crippen MR) is 131 cm³/mol. The number of hydrogen-bond donors (Lipinski definition) is 1. The average Bonchev–Trinajstić information content (AvgIpc) is 3.20. The predicted octanol–water partition coefficient (Wildman–Crippen LogP) is 2.46. The summed E-state index contributed by atoms with van der Waals surface area (Å²) in [7, 11) is 2.22. The lowest BCUT2D eigenvalue weighted by molar-refractivity contribution is 0.170. The van der Waals surface area contributed by atoms with Crippen LogP contribution in [0, 0.1) is 5.92 Å². The molecule has 0 saturated carbocycles. The fourth-order valence-corrected chi connectivity index (χ4v) is 4.48. The molecule has 1 atom stereocenters. The van der Waals surface area contributed by atoms with Gasteiger partial charge in [0.1, 0.15) is 0 Å². The van der Waals surface area contributed by atoms with Crippen molar-refractivity contribution in [2.75, 3.05) is 66.2 Å². The van der Waals surface area contributed by atoms with Crippen molar-refractivity contribution in [1.29, 1.82) is 0 Å². The Balaban J connectivity index is 0.00000256. The second-order valence-corrected chi connectivity index (χ2v) is 8.42. The van der Waals surface area contributed by atoms with Gasteiger partial charge in [-0.25, -0.2) is 0 Å². The van der Waals surface area contributed by atoms with Crippen molar-refractivity contribution in [3.8, 4) is 11.5 Å². The van der Waals surface area contributed by atoms with Crippen molar-refractivity contribution in [1.82, 2.24) is 20.0 Å². The molecular formula is C22H36IN5O2. The van der Waals surface area contributed by atoms with Gasteiger partial charge in [-0.05, 0) is 57.0 Å². The first kappa shape index (κ1) is 23.4. The Morgan fingerprint density at radius 2 is 1.93 bits per heavy atom. The normalized spacial score (nSPS) is 22.7. The first-order chi connectivity index (χ1) is 14.2. The highest BCUT2D eigenvalue weighted by Gasteiger charge is 2.22. The molecule has 1 aromatic rings. The number of benzene rings is 1. The molecule has 3 heterocycles. The van der Waals surface area contributed by atoms with E-state index in [1.54, 1.807) is 0 Å². The zero-order valence-electron chi connectivity index (χ0n) is 18.3. The maximum atomic E-state index is 5.51. The third-order valence-corrected chi connectivity index (χ3v) is 6.07. The Kier molecular flexibility index (Phi) is 8.88. The minimum atomic E-state index is 0. The molecule has 1 unspecified atom stereocenters. The molecule has 0 amide bonds. The average molecular weight is 529 g/mol. The van der Waals surface area contributed by atoms with Crippen LogP contribution >= 0.6 is 24.0 Å². The van der Waals surface area contributed by atoms with E-state index in [0.717, 1.165) is 63.3 Å². The molecule has 0 bridgehead atoms. The minimum absolute atomic E-state index is 0. The van der Waals surface area contributed by atoms with Crippen LogP contribution in [0.2, 0.25) is 0 Å². The Morgan fingerprint density at radius 3 is 2.70 bits per heavy atom. The van der Waals surface area contributed by atoms with Gasteiger partial charge in [0.05, 0.1) is 0 Å². The highest BCUT2D eigenvalue weighted by molar-refractivity contribution is 14.0. The molecule has 1 aromatic carbocycles. The summed E-state index contributed by atoms with van der Waals surface area (Å²) in [5.74, 6) is 3.50. The summed E-state index contributed by atoms with van der Waals surface area (Å²) in [4.78, 5) is 12.4. The highest BCUT2D eigenvalue weighted by Crippen LogP contribution is 2.32. The summed E-state index contributed by atoms with van der Waals surface area (Å²) in [5.41, 5.74) is 1.28. The van der Waals surface area contributed by atoms with Crippen LogP contribution < -0.4 is 14.8 Å². The Morgan fingerprint density at radius 1 is 1.13 bits per heavy atom. The van der Waals surface area contributed by atoms with Gasteiger partial charge in [0.15, 0.2) is 17.5 Å². The fourth-order valence-electron chi connectivity index (χ4n) is 4.48. The molecule has 4 rings (SSSR count). The van der Waals surface area contributed by atoms with E-state index in [1.807, 2.05) is 6.07 Å². The minimum Gasteiger partial charge on any atom is -0.454 e. The van der Waals surface area contributed by atoms with Crippen LogP contribution in [0.25, 0.3) is 0 Å². The SMILES string of the molecule is CCNC(=NCC1CCCN(C)C1)N1CCN(Cc2ccc3c(c2)OCO3)CC1.I. The third-order valence-electron chi connectivity index (χ3n) is 6.07. The monoisotopic (exact) mass is 529 g/mol. The van der Waals surface area contributed by atoms with Gasteiger partial charge in [0.2, 0.25) is 6.79 Å². The topological polar surface area (TPSA) is 52.6 Å². The van der Waals surface area contributed by atoms with E-state index < -0.39 is 0 Å². The maximum absolute atomic E-state index is 5.51. The summed E-state index contributed by atoms with van der Waals surface area (Å²) >= 11 is 0. The number of halogens is 1. The molecule has 0 spiro atoms. The Labute approximate surface area is 197 Å². The van der Waals surface area contributed by atoms with Crippen LogP contribution in [0.4, 0.5) is 0 Å². The van der Waals surface area contributed by atoms with E-state index in [9.17, 15) is 0 Å². The summed E-state index contributed by atoms with van der Waals surface area (Å²) in [6, 6.07) is 6.28. The van der Waals surface area contributed by atoms with Crippen molar-refractivity contribution >= 4 is 29.9 Å². The molecule has 2 fully saturated rings. The van der Waals surface area contributed by atoms with Crippen LogP contribution in [0.1, 0.15) is 25.3 Å². The first-order valence-electron chi connectivity index (χ1n) is 11.0. The van der Waals surface area contributed by atoms with Gasteiger partial charge in [-0.15, -0.1) is 24.0 Å². The van der Waals surface area contributed by atoms with Gasteiger partial charge in [0, 0.05) is 52.4 Å². The van der Waals surface area contributed by atoms with E-state index in [2.05, 4.69) is 46.1 Å². The first-order valence-corrected chi connectivity index (χ1v) is 11.0. The second kappa shape index (κ2) is 11.4. The van der Waals surface area contributed by atoms with Crippen LogP contribution in [0.5, 0.6) is 11.5 Å². The van der Waals surface area contributed by atoms with Gasteiger partial charge >= 0.3 is 0 Å². The standard InChI is InChI=1S/C22H35N5O2.HI/c1-3-23-22(24-14-19-5-4-8-25(2)15-19)27-11-9-26(10-12-27)16-18-6-7-20-21(13-18)29-17-28-20;/h6-7,13,19H,3-5,8-12,14-17H2,1-2H3,(H,23,24);1H. The number of rotatable bonds is 5. The van der Waals surface area contributed by atoms with Gasteiger partial charge < -0.3 is 24.6 Å². The quantitative estimate of drug-likeness (QED) is 0.360. The number of likely N-dealkylation sites (tertiary alicyclic amines) is 1. The summed E-state index contributed by atoms with van der Waals surface area (Å²) in [5, 5.41) is 3.51. The Hall–Kier alpha value is -1.26. The summed E-state index contributed by atoms with van der Waals surface area (Å²) < 4.78 is 10.9. The summed E-state index contributed by atoms with van der Waals surface area (Å²) in [6.07, 6.45) is 2.60. The molecular weight excluding hydrogens is 493 g/mol. The van der Waals surface area contributed by atoms with E-state index in [-0.39, 0.29) is 24.0 Å². The smallest absolute Gasteiger partial charge is 0.231 e. The zero-order chi connectivity index (χ0) is 20.1. The molecule has 2 saturated heterocycles. The lowest BCUT2D eigenvalue weighted by Gasteiger charge is -2.37. The highest BCUT2D eigenvalue weighted by atomic mass is 127. The van der Waals surface area contributed by atoms with Crippen molar-refractivity contribution in [3.05, 3.63) is 23.8 Å². The fraction of sp³-hybridized carbons (Fsp3) is 0.682. The van der Waals surface area contributed by atoms with E-state index >= 15 is 0 Å². The van der Waals surface area contributed by atoms with E-state index in [4.69, 9.17) is 14.5 Å². The molecule has 7 nitrogen and oxygen atoms in total. The number of nitrogens with one attached hydrogen (secondary N) is 1. The van der Waals surface area contributed by atoms with Crippen LogP contribution in [0.15, 0.2) is 23.2 Å². The van der Waals surface area contributed by atoms with Gasteiger partial charge in [-0.2, -0.15) is 0 Å². The van der Waals surface area contributed by atoms with Crippen LogP contribution in [0.3, 0.4) is 0 Å². The number of piperidine rings is 1. The van der Waals surface area contributed by atoms with Gasteiger partial charge in [-0.3, -0.25) is 9.89 Å². The molecule has 0 radical (unpaired) electrons. The molecule has 168 valence electrons. The molecule has 8 heteroatoms. The van der Waals surface area contributed by atoms with Crippen LogP contribution in [-0.2, 0) is 6.54 Å². The van der Waals surface area contributed by atoms with E-state index in [1.165, 1.54) is 31.5 Å². The number of hydrogen-bond acceptors (Lipinski definition) is 5.